The van der Waals surface area contributed by atoms with Crippen LogP contribution in [-0.2, 0) is 28.7 Å². The zero-order valence-corrected chi connectivity index (χ0v) is 35.8. The van der Waals surface area contributed by atoms with Crippen LogP contribution in [0.1, 0.15) is 64.8 Å². The summed E-state index contributed by atoms with van der Waals surface area (Å²) in [6.07, 6.45) is 1.23. The van der Waals surface area contributed by atoms with Crippen LogP contribution in [0.4, 0.5) is 10.6 Å². The van der Waals surface area contributed by atoms with Gasteiger partial charge in [-0.2, -0.15) is 9.97 Å². The van der Waals surface area contributed by atoms with E-state index >= 15 is 0 Å². The smallest absolute Gasteiger partial charge is 0.410 e. The SMILES string of the molecule is CN(C)CCOc1nc2c(c(N3CCN(C(=O)OC(C)(C)C)C[C@@H]3CCO[Si](c3ccccc3)(c3ccccc3)C(C)(C)C)n1)CCN(Cc1ccccc1)C2. The van der Waals surface area contributed by atoms with Gasteiger partial charge in [0.05, 0.1) is 11.7 Å². The molecule has 1 aromatic heterocycles. The van der Waals surface area contributed by atoms with Gasteiger partial charge in [-0.15, -0.1) is 0 Å². The summed E-state index contributed by atoms with van der Waals surface area (Å²) < 4.78 is 19.6. The summed E-state index contributed by atoms with van der Waals surface area (Å²) in [4.78, 5) is 32.6. The number of ether oxygens (including phenoxy) is 2. The Bertz CT molecular complexity index is 1830. The third-order valence-electron chi connectivity index (χ3n) is 10.7. The van der Waals surface area contributed by atoms with E-state index < -0.39 is 13.9 Å². The molecule has 11 heteroatoms. The molecule has 0 aliphatic carbocycles. The average Bonchev–Trinajstić information content (AvgIpc) is 3.16. The third-order valence-corrected chi connectivity index (χ3v) is 15.8. The molecule has 6 rings (SSSR count). The minimum atomic E-state index is -2.78. The number of nitrogens with zero attached hydrogens (tertiary/aromatic N) is 6. The molecule has 0 N–H and O–H groups in total. The van der Waals surface area contributed by atoms with Crippen molar-refractivity contribution in [1.82, 2.24) is 24.7 Å². The average molecular weight is 779 g/mol. The predicted octanol–water partition coefficient (Wildman–Crippen LogP) is 6.37. The summed E-state index contributed by atoms with van der Waals surface area (Å²) in [7, 11) is 1.29. The van der Waals surface area contributed by atoms with E-state index in [2.05, 4.69) is 126 Å². The quantitative estimate of drug-likeness (QED) is 0.144. The van der Waals surface area contributed by atoms with Gasteiger partial charge in [0, 0.05) is 58.0 Å². The summed E-state index contributed by atoms with van der Waals surface area (Å²) in [5.41, 5.74) is 2.87. The molecular weight excluding hydrogens is 717 g/mol. The molecule has 0 saturated carbocycles. The van der Waals surface area contributed by atoms with Crippen LogP contribution in [0.2, 0.25) is 5.04 Å². The molecule has 2 aliphatic rings. The number of benzene rings is 3. The van der Waals surface area contributed by atoms with Crippen molar-refractivity contribution in [2.24, 2.45) is 0 Å². The number of hydrogen-bond acceptors (Lipinski definition) is 9. The highest BCUT2D eigenvalue weighted by molar-refractivity contribution is 6.99. The molecular formula is C45H62N6O4Si. The van der Waals surface area contributed by atoms with Crippen LogP contribution < -0.4 is 20.0 Å². The van der Waals surface area contributed by atoms with Gasteiger partial charge in [-0.3, -0.25) is 4.90 Å². The van der Waals surface area contributed by atoms with E-state index in [9.17, 15) is 4.79 Å². The molecule has 1 fully saturated rings. The molecule has 10 nitrogen and oxygen atoms in total. The van der Waals surface area contributed by atoms with E-state index in [0.717, 1.165) is 43.1 Å². The van der Waals surface area contributed by atoms with E-state index in [0.29, 0.717) is 51.8 Å². The van der Waals surface area contributed by atoms with Crippen LogP contribution in [-0.4, -0.2) is 111 Å². The van der Waals surface area contributed by atoms with Crippen LogP contribution in [0.5, 0.6) is 6.01 Å². The maximum absolute atomic E-state index is 13.6. The number of fused-ring (bicyclic) bond motifs is 1. The highest BCUT2D eigenvalue weighted by Gasteiger charge is 2.50. The first-order chi connectivity index (χ1) is 26.7. The normalized spacial score (nSPS) is 16.8. The molecule has 2 aliphatic heterocycles. The van der Waals surface area contributed by atoms with Crippen molar-refractivity contribution in [3.63, 3.8) is 0 Å². The Labute approximate surface area is 335 Å². The Morgan fingerprint density at radius 2 is 1.45 bits per heavy atom. The van der Waals surface area contributed by atoms with Gasteiger partial charge in [0.2, 0.25) is 0 Å². The Kier molecular flexibility index (Phi) is 13.2. The van der Waals surface area contributed by atoms with Crippen LogP contribution >= 0.6 is 0 Å². The Morgan fingerprint density at radius 3 is 2.04 bits per heavy atom. The van der Waals surface area contributed by atoms with Crippen molar-refractivity contribution < 1.29 is 18.7 Å². The van der Waals surface area contributed by atoms with Crippen molar-refractivity contribution >= 4 is 30.6 Å². The minimum Gasteiger partial charge on any atom is -0.462 e. The number of piperazine rings is 1. The fraction of sp³-hybridized carbons (Fsp3) is 0.489. The zero-order valence-electron chi connectivity index (χ0n) is 34.8. The van der Waals surface area contributed by atoms with Gasteiger partial charge in [-0.05, 0) is 68.7 Å². The van der Waals surface area contributed by atoms with Crippen molar-refractivity contribution in [3.05, 3.63) is 108 Å². The lowest BCUT2D eigenvalue weighted by Crippen LogP contribution is -2.67. The summed E-state index contributed by atoms with van der Waals surface area (Å²) >= 11 is 0. The number of anilines is 1. The largest absolute Gasteiger partial charge is 0.462 e. The van der Waals surface area contributed by atoms with Crippen molar-refractivity contribution in [2.75, 3.05) is 64.9 Å². The number of aromatic nitrogens is 2. The van der Waals surface area contributed by atoms with Crippen LogP contribution in [0.3, 0.4) is 0 Å². The summed E-state index contributed by atoms with van der Waals surface area (Å²) in [5, 5.41) is 2.35. The minimum absolute atomic E-state index is 0.0783. The molecule has 0 bridgehead atoms. The second kappa shape index (κ2) is 17.9. The van der Waals surface area contributed by atoms with Crippen molar-refractivity contribution in [2.45, 2.75) is 84.2 Å². The molecule has 1 amide bonds. The standard InChI is InChI=1S/C45H62N6O4Si/c1-44(2,3)55-43(52)50-27-28-51(36(33-50)25-30-54-56(45(4,5)6,37-20-14-10-15-21-37)38-22-16-11-17-23-38)41-39-24-26-49(32-35-18-12-9-13-19-35)34-40(39)46-42(47-41)53-31-29-48(7)8/h9-23,36H,24-34H2,1-8H3/t36-/m0/s1. The first-order valence-electron chi connectivity index (χ1n) is 20.2. The van der Waals surface area contributed by atoms with E-state index in [1.165, 1.54) is 15.9 Å². The maximum Gasteiger partial charge on any atom is 0.410 e. The summed E-state index contributed by atoms with van der Waals surface area (Å²) in [6, 6.07) is 32.5. The molecule has 0 spiro atoms. The molecule has 300 valence electrons. The molecule has 56 heavy (non-hydrogen) atoms. The zero-order chi connectivity index (χ0) is 39.9. The van der Waals surface area contributed by atoms with Gasteiger partial charge in [0.15, 0.2) is 0 Å². The van der Waals surface area contributed by atoms with Gasteiger partial charge in [-0.25, -0.2) is 4.79 Å². The molecule has 3 aromatic carbocycles. The number of hydrogen-bond donors (Lipinski definition) is 0. The lowest BCUT2D eigenvalue weighted by Gasteiger charge is -2.45. The fourth-order valence-corrected chi connectivity index (χ4v) is 12.6. The van der Waals surface area contributed by atoms with E-state index in [-0.39, 0.29) is 17.2 Å². The molecule has 0 unspecified atom stereocenters. The van der Waals surface area contributed by atoms with Crippen molar-refractivity contribution in [1.29, 1.82) is 0 Å². The monoisotopic (exact) mass is 778 g/mol. The molecule has 1 saturated heterocycles. The number of likely N-dealkylation sites (N-methyl/N-ethyl adjacent to an activating group) is 1. The molecule has 0 radical (unpaired) electrons. The summed E-state index contributed by atoms with van der Waals surface area (Å²) in [5.74, 6) is 0.911. The number of carbonyl (C=O) groups is 1. The van der Waals surface area contributed by atoms with Crippen LogP contribution in [0.25, 0.3) is 0 Å². The number of rotatable bonds is 13. The maximum atomic E-state index is 13.6. The first kappa shape index (κ1) is 41.3. The Hall–Kier alpha value is -4.29. The summed E-state index contributed by atoms with van der Waals surface area (Å²) in [6.45, 7) is 18.5. The van der Waals surface area contributed by atoms with Gasteiger partial charge in [0.1, 0.15) is 18.0 Å². The second-order valence-electron chi connectivity index (χ2n) is 17.4. The van der Waals surface area contributed by atoms with Crippen LogP contribution in [0, 0.1) is 0 Å². The molecule has 1 atom stereocenters. The molecule has 4 aromatic rings. The topological polar surface area (TPSA) is 83.5 Å². The van der Waals surface area contributed by atoms with Gasteiger partial charge >= 0.3 is 12.1 Å². The van der Waals surface area contributed by atoms with Gasteiger partial charge < -0.3 is 28.6 Å². The third kappa shape index (κ3) is 9.98. The van der Waals surface area contributed by atoms with Gasteiger partial charge in [-0.1, -0.05) is 112 Å². The van der Waals surface area contributed by atoms with Crippen LogP contribution in [0.15, 0.2) is 91.0 Å². The van der Waals surface area contributed by atoms with Gasteiger partial charge in [0.25, 0.3) is 8.32 Å². The lowest BCUT2D eigenvalue weighted by molar-refractivity contribution is 0.0207. The lowest BCUT2D eigenvalue weighted by atomic mass is 10.0. The molecule has 3 heterocycles. The second-order valence-corrected chi connectivity index (χ2v) is 21.7. The van der Waals surface area contributed by atoms with E-state index in [1.807, 2.05) is 39.8 Å². The van der Waals surface area contributed by atoms with E-state index in [1.54, 1.807) is 0 Å². The Balaban J connectivity index is 1.34. The fourth-order valence-electron chi connectivity index (χ4n) is 8.02. The highest BCUT2D eigenvalue weighted by Crippen LogP contribution is 2.38. The first-order valence-corrected chi connectivity index (χ1v) is 22.1. The van der Waals surface area contributed by atoms with E-state index in [4.69, 9.17) is 23.9 Å². The predicted molar refractivity (Wildman–Crippen MR) is 227 cm³/mol. The van der Waals surface area contributed by atoms with Crippen molar-refractivity contribution in [3.8, 4) is 6.01 Å². The Morgan fingerprint density at radius 1 is 0.821 bits per heavy atom. The number of amides is 1. The number of carbonyl (C=O) groups excluding carboxylic acids is 1. The highest BCUT2D eigenvalue weighted by atomic mass is 28.4.